The molecule has 0 fully saturated rings. The molecule has 2 rings (SSSR count). The van der Waals surface area contributed by atoms with Gasteiger partial charge in [-0.2, -0.15) is 0 Å². The van der Waals surface area contributed by atoms with E-state index in [1.807, 2.05) is 42.5 Å². The maximum atomic E-state index is 12.4. The summed E-state index contributed by atoms with van der Waals surface area (Å²) in [6.45, 7) is 6.17. The Kier molecular flexibility index (Phi) is 7.86. The number of carbonyl (C=O) groups excluding carboxylic acids is 2. The summed E-state index contributed by atoms with van der Waals surface area (Å²) in [6.07, 6.45) is 2.34. The van der Waals surface area contributed by atoms with Crippen molar-refractivity contribution in [2.24, 2.45) is 0 Å². The van der Waals surface area contributed by atoms with Crippen LogP contribution < -0.4 is 10.2 Å². The number of hydrogen-bond donors (Lipinski definition) is 1. The second-order valence-corrected chi connectivity index (χ2v) is 6.90. The van der Waals surface area contributed by atoms with E-state index in [0.29, 0.717) is 11.6 Å². The van der Waals surface area contributed by atoms with Crippen LogP contribution in [0.3, 0.4) is 0 Å². The van der Waals surface area contributed by atoms with E-state index in [-0.39, 0.29) is 18.4 Å². The molecule has 5 heteroatoms. The van der Waals surface area contributed by atoms with E-state index in [9.17, 15) is 9.59 Å². The summed E-state index contributed by atoms with van der Waals surface area (Å²) in [7, 11) is 0. The summed E-state index contributed by atoms with van der Waals surface area (Å²) in [4.78, 5) is 26.3. The van der Waals surface area contributed by atoms with E-state index in [0.717, 1.165) is 41.6 Å². The summed E-state index contributed by atoms with van der Waals surface area (Å²) in [5.41, 5.74) is 4.15. The predicted octanol–water partition coefficient (Wildman–Crippen LogP) is 4.18. The summed E-state index contributed by atoms with van der Waals surface area (Å²) in [5.74, 6) is -0.287. The molecule has 0 radical (unpaired) electrons. The highest BCUT2D eigenvalue weighted by atomic mass is 35.5. The van der Waals surface area contributed by atoms with Crippen LogP contribution in [-0.2, 0) is 28.9 Å². The van der Waals surface area contributed by atoms with Crippen molar-refractivity contribution in [3.63, 3.8) is 0 Å². The highest BCUT2D eigenvalue weighted by molar-refractivity contribution is 6.30. The van der Waals surface area contributed by atoms with E-state index in [1.165, 1.54) is 6.92 Å². The lowest BCUT2D eigenvalue weighted by atomic mass is 10.0. The minimum absolute atomic E-state index is 0.0277. The zero-order valence-corrected chi connectivity index (χ0v) is 17.0. The molecule has 0 saturated heterocycles. The molecule has 144 valence electrons. The normalized spacial score (nSPS) is 10.5. The molecule has 2 aromatic carbocycles. The molecule has 0 aliphatic heterocycles. The van der Waals surface area contributed by atoms with Crippen molar-refractivity contribution in [1.29, 1.82) is 0 Å². The van der Waals surface area contributed by atoms with Gasteiger partial charge in [0.25, 0.3) is 0 Å². The fourth-order valence-corrected chi connectivity index (χ4v) is 3.23. The Morgan fingerprint density at radius 1 is 1.00 bits per heavy atom. The number of para-hydroxylation sites is 1. The lowest BCUT2D eigenvalue weighted by Crippen LogP contribution is -2.41. The van der Waals surface area contributed by atoms with Gasteiger partial charge in [-0.1, -0.05) is 55.8 Å². The molecule has 0 aliphatic rings. The zero-order chi connectivity index (χ0) is 19.8. The van der Waals surface area contributed by atoms with E-state index in [1.54, 1.807) is 4.90 Å². The van der Waals surface area contributed by atoms with Gasteiger partial charge in [0, 0.05) is 18.5 Å². The highest BCUT2D eigenvalue weighted by Crippen LogP contribution is 2.27. The van der Waals surface area contributed by atoms with Crippen LogP contribution in [0, 0.1) is 0 Å². The van der Waals surface area contributed by atoms with Crippen molar-refractivity contribution in [3.8, 4) is 0 Å². The van der Waals surface area contributed by atoms with Crippen LogP contribution in [0.4, 0.5) is 5.69 Å². The summed E-state index contributed by atoms with van der Waals surface area (Å²) < 4.78 is 0. The van der Waals surface area contributed by atoms with Gasteiger partial charge in [-0.15, -0.1) is 0 Å². The van der Waals surface area contributed by atoms with Crippen molar-refractivity contribution >= 4 is 29.1 Å². The minimum Gasteiger partial charge on any atom is -0.354 e. The van der Waals surface area contributed by atoms with Gasteiger partial charge in [0.05, 0.1) is 5.69 Å². The maximum absolute atomic E-state index is 12.4. The average molecular weight is 387 g/mol. The Morgan fingerprint density at radius 3 is 2.11 bits per heavy atom. The quantitative estimate of drug-likeness (QED) is 0.739. The van der Waals surface area contributed by atoms with Crippen LogP contribution in [-0.4, -0.2) is 24.9 Å². The molecular weight excluding hydrogens is 360 g/mol. The average Bonchev–Trinajstić information content (AvgIpc) is 2.66. The molecule has 4 nitrogen and oxygen atoms in total. The van der Waals surface area contributed by atoms with Gasteiger partial charge in [-0.05, 0) is 48.1 Å². The molecule has 0 aromatic heterocycles. The lowest BCUT2D eigenvalue weighted by Gasteiger charge is -2.26. The first-order chi connectivity index (χ1) is 13.0. The largest absolute Gasteiger partial charge is 0.354 e. The minimum atomic E-state index is -0.160. The number of anilines is 1. The fourth-order valence-electron chi connectivity index (χ4n) is 3.11. The van der Waals surface area contributed by atoms with Crippen molar-refractivity contribution in [3.05, 3.63) is 64.2 Å². The Balaban J connectivity index is 2.05. The second kappa shape index (κ2) is 10.1. The molecule has 0 atom stereocenters. The Bertz CT molecular complexity index is 765. The Labute approximate surface area is 166 Å². The molecule has 0 spiro atoms. The third-order valence-corrected chi connectivity index (χ3v) is 4.82. The second-order valence-electron chi connectivity index (χ2n) is 6.46. The molecule has 2 aromatic rings. The molecular formula is C22H27ClN2O2. The van der Waals surface area contributed by atoms with Gasteiger partial charge in [-0.25, -0.2) is 0 Å². The smallest absolute Gasteiger partial charge is 0.240 e. The number of nitrogens with one attached hydrogen (secondary N) is 1. The zero-order valence-electron chi connectivity index (χ0n) is 16.2. The number of nitrogens with zero attached hydrogens (tertiary/aromatic N) is 1. The summed E-state index contributed by atoms with van der Waals surface area (Å²) in [5, 5.41) is 3.61. The van der Waals surface area contributed by atoms with Crippen LogP contribution in [0.1, 0.15) is 37.5 Å². The van der Waals surface area contributed by atoms with Gasteiger partial charge < -0.3 is 10.2 Å². The molecule has 2 amide bonds. The number of benzene rings is 2. The molecule has 0 heterocycles. The van der Waals surface area contributed by atoms with E-state index < -0.39 is 0 Å². The first kappa shape index (κ1) is 21.0. The van der Waals surface area contributed by atoms with Crippen LogP contribution in [0.5, 0.6) is 0 Å². The third kappa shape index (κ3) is 5.83. The Morgan fingerprint density at radius 2 is 1.59 bits per heavy atom. The highest BCUT2D eigenvalue weighted by Gasteiger charge is 2.20. The van der Waals surface area contributed by atoms with Crippen LogP contribution in [0.25, 0.3) is 0 Å². The van der Waals surface area contributed by atoms with Crippen LogP contribution >= 0.6 is 11.6 Å². The van der Waals surface area contributed by atoms with Crippen molar-refractivity contribution in [2.75, 3.05) is 18.0 Å². The fraction of sp³-hybridized carbons (Fsp3) is 0.364. The predicted molar refractivity (Wildman–Crippen MR) is 111 cm³/mol. The van der Waals surface area contributed by atoms with E-state index >= 15 is 0 Å². The number of carbonyl (C=O) groups is 2. The monoisotopic (exact) mass is 386 g/mol. The SMILES string of the molecule is CCc1cccc(CC)c1N(CC(=O)NCCc1ccc(Cl)cc1)C(C)=O. The van der Waals surface area contributed by atoms with Crippen molar-refractivity contribution in [1.82, 2.24) is 5.32 Å². The molecule has 27 heavy (non-hydrogen) atoms. The molecule has 0 unspecified atom stereocenters. The van der Waals surface area contributed by atoms with Gasteiger partial charge in [0.1, 0.15) is 6.54 Å². The molecule has 0 bridgehead atoms. The summed E-state index contributed by atoms with van der Waals surface area (Å²) >= 11 is 5.88. The van der Waals surface area contributed by atoms with Gasteiger partial charge in [0.15, 0.2) is 0 Å². The number of rotatable bonds is 8. The van der Waals surface area contributed by atoms with Gasteiger partial charge in [0.2, 0.25) is 11.8 Å². The Hall–Kier alpha value is -2.33. The molecule has 0 aliphatic carbocycles. The van der Waals surface area contributed by atoms with E-state index in [2.05, 4.69) is 19.2 Å². The van der Waals surface area contributed by atoms with Gasteiger partial charge in [-0.3, -0.25) is 9.59 Å². The van der Waals surface area contributed by atoms with Crippen molar-refractivity contribution in [2.45, 2.75) is 40.0 Å². The molecule has 0 saturated carbocycles. The summed E-state index contributed by atoms with van der Waals surface area (Å²) in [6, 6.07) is 13.6. The maximum Gasteiger partial charge on any atom is 0.240 e. The number of hydrogen-bond acceptors (Lipinski definition) is 2. The number of halogens is 1. The van der Waals surface area contributed by atoms with Crippen LogP contribution in [0.15, 0.2) is 42.5 Å². The van der Waals surface area contributed by atoms with E-state index in [4.69, 9.17) is 11.6 Å². The first-order valence-corrected chi connectivity index (χ1v) is 9.74. The molecule has 1 N–H and O–H groups in total. The topological polar surface area (TPSA) is 49.4 Å². The van der Waals surface area contributed by atoms with Gasteiger partial charge >= 0.3 is 0 Å². The lowest BCUT2D eigenvalue weighted by molar-refractivity contribution is -0.123. The first-order valence-electron chi connectivity index (χ1n) is 9.36. The standard InChI is InChI=1S/C22H27ClN2O2/c1-4-18-7-6-8-19(5-2)22(18)25(16(3)26)15-21(27)24-14-13-17-9-11-20(23)12-10-17/h6-12H,4-5,13-15H2,1-3H3,(H,24,27). The number of aryl methyl sites for hydroxylation is 2. The number of amides is 2. The van der Waals surface area contributed by atoms with Crippen LogP contribution in [0.2, 0.25) is 5.02 Å². The van der Waals surface area contributed by atoms with Crippen molar-refractivity contribution < 1.29 is 9.59 Å². The third-order valence-electron chi connectivity index (χ3n) is 4.57.